The second-order valence-electron chi connectivity index (χ2n) is 5.09. The van der Waals surface area contributed by atoms with E-state index in [1.54, 1.807) is 7.11 Å². The fraction of sp³-hybridized carbons (Fsp3) is 0.500. The molecule has 19 heavy (non-hydrogen) atoms. The van der Waals surface area contributed by atoms with Gasteiger partial charge in [-0.15, -0.1) is 0 Å². The Morgan fingerprint density at radius 3 is 2.63 bits per heavy atom. The van der Waals surface area contributed by atoms with Crippen LogP contribution in [0.4, 0.5) is 0 Å². The largest absolute Gasteiger partial charge is 0.495 e. The van der Waals surface area contributed by atoms with E-state index < -0.39 is 0 Å². The Labute approximate surface area is 115 Å². The van der Waals surface area contributed by atoms with Gasteiger partial charge < -0.3 is 14.6 Å². The highest BCUT2D eigenvalue weighted by Crippen LogP contribution is 2.33. The molecule has 0 bridgehead atoms. The number of likely N-dealkylation sites (N-methyl/N-ethyl adjacent to an activating group) is 1. The van der Waals surface area contributed by atoms with E-state index in [9.17, 15) is 0 Å². The fourth-order valence-corrected chi connectivity index (χ4v) is 2.75. The van der Waals surface area contributed by atoms with Gasteiger partial charge in [0.2, 0.25) is 0 Å². The average molecular weight is 260 g/mol. The molecule has 1 N–H and O–H groups in total. The topological polar surface area (TPSA) is 26.2 Å². The number of benzene rings is 1. The molecule has 104 valence electrons. The molecule has 0 aliphatic rings. The van der Waals surface area contributed by atoms with E-state index in [1.807, 2.05) is 0 Å². The van der Waals surface area contributed by atoms with Gasteiger partial charge in [0.25, 0.3) is 0 Å². The van der Waals surface area contributed by atoms with Gasteiger partial charge in [0, 0.05) is 18.1 Å². The lowest BCUT2D eigenvalue weighted by atomic mass is 10.1. The predicted octanol–water partition coefficient (Wildman–Crippen LogP) is 2.96. The highest BCUT2D eigenvalue weighted by molar-refractivity contribution is 5.91. The Bertz CT molecular complexity index is 584. The predicted molar refractivity (Wildman–Crippen MR) is 81.2 cm³/mol. The number of ether oxygens (including phenoxy) is 1. The Kier molecular flexibility index (Phi) is 4.15. The molecule has 2 aromatic rings. The third-order valence-electron chi connectivity index (χ3n) is 3.84. The van der Waals surface area contributed by atoms with Gasteiger partial charge in [0.15, 0.2) is 0 Å². The summed E-state index contributed by atoms with van der Waals surface area (Å²) in [6.45, 7) is 8.50. The van der Waals surface area contributed by atoms with Crippen molar-refractivity contribution in [3.63, 3.8) is 0 Å². The summed E-state index contributed by atoms with van der Waals surface area (Å²) in [5, 5.41) is 4.73. The van der Waals surface area contributed by atoms with Crippen LogP contribution in [0.2, 0.25) is 0 Å². The minimum atomic E-state index is 0.968. The zero-order valence-electron chi connectivity index (χ0n) is 12.6. The number of hydrogen-bond acceptors (Lipinski definition) is 2. The lowest BCUT2D eigenvalue weighted by molar-refractivity contribution is 0.417. The highest BCUT2D eigenvalue weighted by atomic mass is 16.5. The molecule has 0 aliphatic carbocycles. The smallest absolute Gasteiger partial charge is 0.143 e. The number of nitrogens with zero attached hydrogens (tertiary/aromatic N) is 1. The summed E-state index contributed by atoms with van der Waals surface area (Å²) in [6, 6.07) is 4.38. The molecule has 0 amide bonds. The summed E-state index contributed by atoms with van der Waals surface area (Å²) in [5.41, 5.74) is 5.22. The molecule has 0 unspecified atom stereocenters. The molecule has 0 spiro atoms. The number of fused-ring (bicyclic) bond motifs is 1. The van der Waals surface area contributed by atoms with Crippen molar-refractivity contribution >= 4 is 10.9 Å². The van der Waals surface area contributed by atoms with E-state index in [0.717, 1.165) is 25.3 Å². The number of methoxy groups -OCH3 is 1. The van der Waals surface area contributed by atoms with Gasteiger partial charge in [-0.25, -0.2) is 0 Å². The van der Waals surface area contributed by atoms with Crippen molar-refractivity contribution in [1.82, 2.24) is 9.88 Å². The van der Waals surface area contributed by atoms with E-state index in [2.05, 4.69) is 49.8 Å². The standard InChI is InChI=1S/C16H24N2O/c1-6-17-8-7-13-12(3)18(4)16-14(13)9-11(2)10-15(16)19-5/h9-10,17H,6-8H2,1-5H3. The van der Waals surface area contributed by atoms with E-state index in [1.165, 1.54) is 27.7 Å². The minimum Gasteiger partial charge on any atom is -0.495 e. The van der Waals surface area contributed by atoms with Gasteiger partial charge >= 0.3 is 0 Å². The van der Waals surface area contributed by atoms with Crippen molar-refractivity contribution < 1.29 is 4.74 Å². The van der Waals surface area contributed by atoms with Crippen molar-refractivity contribution in [1.29, 1.82) is 0 Å². The molecular weight excluding hydrogens is 236 g/mol. The quantitative estimate of drug-likeness (QED) is 0.837. The van der Waals surface area contributed by atoms with Crippen LogP contribution in [0.3, 0.4) is 0 Å². The molecule has 1 aromatic carbocycles. The zero-order valence-corrected chi connectivity index (χ0v) is 12.6. The first-order valence-corrected chi connectivity index (χ1v) is 6.93. The lowest BCUT2D eigenvalue weighted by Crippen LogP contribution is -2.16. The number of aromatic nitrogens is 1. The van der Waals surface area contributed by atoms with Gasteiger partial charge in [-0.3, -0.25) is 0 Å². The normalized spacial score (nSPS) is 11.2. The summed E-state index contributed by atoms with van der Waals surface area (Å²) in [7, 11) is 3.86. The first-order valence-electron chi connectivity index (χ1n) is 6.93. The fourth-order valence-electron chi connectivity index (χ4n) is 2.75. The molecule has 2 rings (SSSR count). The van der Waals surface area contributed by atoms with Gasteiger partial charge in [-0.05, 0) is 56.6 Å². The molecule has 3 heteroatoms. The number of hydrogen-bond donors (Lipinski definition) is 1. The van der Waals surface area contributed by atoms with Gasteiger partial charge in [-0.2, -0.15) is 0 Å². The number of rotatable bonds is 5. The zero-order chi connectivity index (χ0) is 14.0. The number of aryl methyl sites for hydroxylation is 2. The maximum Gasteiger partial charge on any atom is 0.143 e. The van der Waals surface area contributed by atoms with Crippen LogP contribution in [-0.4, -0.2) is 24.8 Å². The van der Waals surface area contributed by atoms with Crippen LogP contribution >= 0.6 is 0 Å². The third kappa shape index (κ3) is 2.47. The van der Waals surface area contributed by atoms with Crippen molar-refractivity contribution in [3.8, 4) is 5.75 Å². The van der Waals surface area contributed by atoms with E-state index >= 15 is 0 Å². The number of nitrogens with one attached hydrogen (secondary N) is 1. The Hall–Kier alpha value is -1.48. The van der Waals surface area contributed by atoms with Crippen LogP contribution in [0.1, 0.15) is 23.7 Å². The van der Waals surface area contributed by atoms with E-state index in [4.69, 9.17) is 4.74 Å². The van der Waals surface area contributed by atoms with Crippen molar-refractivity contribution in [2.45, 2.75) is 27.2 Å². The van der Waals surface area contributed by atoms with Gasteiger partial charge in [-0.1, -0.05) is 6.92 Å². The van der Waals surface area contributed by atoms with Crippen LogP contribution in [0.5, 0.6) is 5.75 Å². The maximum absolute atomic E-state index is 5.55. The van der Waals surface area contributed by atoms with Crippen LogP contribution in [0.15, 0.2) is 12.1 Å². The average Bonchev–Trinajstić information content (AvgIpc) is 2.63. The SMILES string of the molecule is CCNCCc1c(C)n(C)c2c(OC)cc(C)cc12. The van der Waals surface area contributed by atoms with Gasteiger partial charge in [0.05, 0.1) is 12.6 Å². The Balaban J connectivity index is 2.57. The first-order chi connectivity index (χ1) is 9.10. The highest BCUT2D eigenvalue weighted by Gasteiger charge is 2.15. The van der Waals surface area contributed by atoms with E-state index in [0.29, 0.717) is 0 Å². The van der Waals surface area contributed by atoms with E-state index in [-0.39, 0.29) is 0 Å². The second kappa shape index (κ2) is 5.66. The monoisotopic (exact) mass is 260 g/mol. The first kappa shape index (κ1) is 13.9. The van der Waals surface area contributed by atoms with Crippen molar-refractivity contribution in [3.05, 3.63) is 29.0 Å². The molecule has 0 saturated heterocycles. The molecule has 3 nitrogen and oxygen atoms in total. The molecular formula is C16H24N2O. The Morgan fingerprint density at radius 2 is 2.00 bits per heavy atom. The van der Waals surface area contributed by atoms with Crippen LogP contribution < -0.4 is 10.1 Å². The summed E-state index contributed by atoms with van der Waals surface area (Å²) in [4.78, 5) is 0. The lowest BCUT2D eigenvalue weighted by Gasteiger charge is -2.06. The van der Waals surface area contributed by atoms with Crippen molar-refractivity contribution in [2.75, 3.05) is 20.2 Å². The van der Waals surface area contributed by atoms with Crippen molar-refractivity contribution in [2.24, 2.45) is 7.05 Å². The molecule has 0 atom stereocenters. The molecule has 0 fully saturated rings. The minimum absolute atomic E-state index is 0.968. The second-order valence-corrected chi connectivity index (χ2v) is 5.09. The maximum atomic E-state index is 5.55. The molecule has 0 saturated carbocycles. The molecule has 0 radical (unpaired) electrons. The van der Waals surface area contributed by atoms with Crippen LogP contribution in [0.25, 0.3) is 10.9 Å². The Morgan fingerprint density at radius 1 is 1.26 bits per heavy atom. The summed E-state index contributed by atoms with van der Waals surface area (Å²) < 4.78 is 7.79. The summed E-state index contributed by atoms with van der Waals surface area (Å²) in [6.07, 6.45) is 1.06. The summed E-state index contributed by atoms with van der Waals surface area (Å²) >= 11 is 0. The molecule has 1 aromatic heterocycles. The van der Waals surface area contributed by atoms with Crippen LogP contribution in [0, 0.1) is 13.8 Å². The van der Waals surface area contributed by atoms with Gasteiger partial charge in [0.1, 0.15) is 5.75 Å². The summed E-state index contributed by atoms with van der Waals surface area (Å²) in [5.74, 6) is 0.968. The molecule has 1 heterocycles. The third-order valence-corrected chi connectivity index (χ3v) is 3.84. The molecule has 0 aliphatic heterocycles. The van der Waals surface area contributed by atoms with Crippen LogP contribution in [-0.2, 0) is 13.5 Å².